The first-order valence-corrected chi connectivity index (χ1v) is 7.94. The first-order valence-electron chi connectivity index (χ1n) is 5.23. The summed E-state index contributed by atoms with van der Waals surface area (Å²) in [6.07, 6.45) is 1.59. The summed E-state index contributed by atoms with van der Waals surface area (Å²) in [5.41, 5.74) is 6.41. The fourth-order valence-electron chi connectivity index (χ4n) is 1.31. The van der Waals surface area contributed by atoms with Crippen LogP contribution in [0.25, 0.3) is 0 Å². The zero-order valence-electron chi connectivity index (χ0n) is 9.95. The Labute approximate surface area is 120 Å². The van der Waals surface area contributed by atoms with Crippen molar-refractivity contribution in [2.75, 3.05) is 4.72 Å². The zero-order chi connectivity index (χ0) is 14.0. The molecule has 0 radical (unpaired) electrons. The number of nitrogens with zero attached hydrogens (tertiary/aromatic N) is 1. The Morgan fingerprint density at radius 2 is 2.11 bits per heavy atom. The topological polar surface area (TPSA) is 85.1 Å². The predicted octanol–water partition coefficient (Wildman–Crippen LogP) is 1.89. The van der Waals surface area contributed by atoms with E-state index in [1.54, 1.807) is 24.4 Å². The lowest BCUT2D eigenvalue weighted by Crippen LogP contribution is -2.12. The molecule has 19 heavy (non-hydrogen) atoms. The Bertz CT molecular complexity index is 705. The fraction of sp³-hybridized carbons (Fsp3) is 0.0909. The van der Waals surface area contributed by atoms with Crippen LogP contribution in [0.2, 0.25) is 0 Å². The molecule has 2 heterocycles. The summed E-state index contributed by atoms with van der Waals surface area (Å²) in [6.45, 7) is 1.87. The number of anilines is 1. The molecule has 0 aliphatic rings. The van der Waals surface area contributed by atoms with E-state index in [1.807, 2.05) is 6.92 Å². The van der Waals surface area contributed by atoms with Gasteiger partial charge in [-0.15, -0.1) is 11.3 Å². The van der Waals surface area contributed by atoms with Crippen molar-refractivity contribution in [1.29, 1.82) is 0 Å². The molecule has 100 valence electrons. The minimum Gasteiger partial charge on any atom is -0.389 e. The van der Waals surface area contributed by atoms with Gasteiger partial charge in [0.05, 0.1) is 4.88 Å². The Balaban J connectivity index is 2.26. The number of rotatable bonds is 4. The van der Waals surface area contributed by atoms with Crippen molar-refractivity contribution in [3.63, 3.8) is 0 Å². The van der Waals surface area contributed by atoms with E-state index in [0.717, 1.165) is 16.9 Å². The van der Waals surface area contributed by atoms with Crippen LogP contribution in [0.1, 0.15) is 10.4 Å². The van der Waals surface area contributed by atoms with Gasteiger partial charge in [0.2, 0.25) is 0 Å². The molecule has 0 amide bonds. The SMILES string of the molecule is Cc1ccc(NS(=O)(=O)c2ccc(C(N)=S)s2)nc1. The van der Waals surface area contributed by atoms with Gasteiger partial charge in [0.25, 0.3) is 10.0 Å². The monoisotopic (exact) mass is 313 g/mol. The molecular weight excluding hydrogens is 302 g/mol. The smallest absolute Gasteiger partial charge is 0.272 e. The third kappa shape index (κ3) is 3.28. The molecular formula is C11H11N3O2S3. The Kier molecular flexibility index (Phi) is 3.83. The Morgan fingerprint density at radius 3 is 2.63 bits per heavy atom. The summed E-state index contributed by atoms with van der Waals surface area (Å²) in [6, 6.07) is 6.44. The number of hydrogen-bond acceptors (Lipinski definition) is 5. The van der Waals surface area contributed by atoms with Gasteiger partial charge in [0.1, 0.15) is 15.0 Å². The van der Waals surface area contributed by atoms with Crippen molar-refractivity contribution in [3.8, 4) is 0 Å². The molecule has 8 heteroatoms. The van der Waals surface area contributed by atoms with E-state index < -0.39 is 10.0 Å². The molecule has 0 atom stereocenters. The van der Waals surface area contributed by atoms with Crippen molar-refractivity contribution in [2.24, 2.45) is 5.73 Å². The standard InChI is InChI=1S/C11H11N3O2S3/c1-7-2-4-9(13-6-7)14-19(15,16)10-5-3-8(18-10)11(12)17/h2-6H,1H3,(H2,12,17)(H,13,14). The van der Waals surface area contributed by atoms with E-state index in [0.29, 0.717) is 4.88 Å². The van der Waals surface area contributed by atoms with Gasteiger partial charge in [-0.25, -0.2) is 13.4 Å². The number of thiocarbonyl (C=S) groups is 1. The molecule has 2 rings (SSSR count). The molecule has 0 saturated carbocycles. The third-order valence-electron chi connectivity index (χ3n) is 2.24. The maximum absolute atomic E-state index is 12.1. The number of pyridine rings is 1. The number of aromatic nitrogens is 1. The molecule has 0 spiro atoms. The minimum absolute atomic E-state index is 0.151. The van der Waals surface area contributed by atoms with Gasteiger partial charge in [-0.1, -0.05) is 18.3 Å². The second kappa shape index (κ2) is 5.24. The summed E-state index contributed by atoms with van der Waals surface area (Å²) >= 11 is 5.83. The van der Waals surface area contributed by atoms with Gasteiger partial charge in [-0.3, -0.25) is 4.72 Å². The fourth-order valence-corrected chi connectivity index (χ4v) is 3.67. The number of sulfonamides is 1. The first-order chi connectivity index (χ1) is 8.88. The molecule has 0 aliphatic carbocycles. The number of nitrogens with two attached hydrogens (primary N) is 1. The van der Waals surface area contributed by atoms with E-state index in [2.05, 4.69) is 9.71 Å². The third-order valence-corrected chi connectivity index (χ3v) is 5.55. The molecule has 0 fully saturated rings. The Morgan fingerprint density at radius 1 is 1.37 bits per heavy atom. The van der Waals surface area contributed by atoms with Crippen molar-refractivity contribution in [2.45, 2.75) is 11.1 Å². The predicted molar refractivity (Wildman–Crippen MR) is 80.0 cm³/mol. The maximum Gasteiger partial charge on any atom is 0.272 e. The zero-order valence-corrected chi connectivity index (χ0v) is 12.4. The van der Waals surface area contributed by atoms with Gasteiger partial charge in [0.15, 0.2) is 0 Å². The van der Waals surface area contributed by atoms with Crippen LogP contribution < -0.4 is 10.5 Å². The highest BCUT2D eigenvalue weighted by atomic mass is 32.2. The van der Waals surface area contributed by atoms with Crippen LogP contribution >= 0.6 is 23.6 Å². The van der Waals surface area contributed by atoms with E-state index in [1.165, 1.54) is 6.07 Å². The number of hydrogen-bond donors (Lipinski definition) is 2. The molecule has 0 unspecified atom stereocenters. The van der Waals surface area contributed by atoms with Gasteiger partial charge < -0.3 is 5.73 Å². The first kappa shape index (κ1) is 13.9. The quantitative estimate of drug-likeness (QED) is 0.842. The molecule has 0 bridgehead atoms. The highest BCUT2D eigenvalue weighted by molar-refractivity contribution is 7.94. The number of aryl methyl sites for hydroxylation is 1. The van der Waals surface area contributed by atoms with E-state index in [9.17, 15) is 8.42 Å². The second-order valence-electron chi connectivity index (χ2n) is 3.81. The van der Waals surface area contributed by atoms with Crippen LogP contribution in [0.15, 0.2) is 34.7 Å². The molecule has 5 nitrogen and oxygen atoms in total. The van der Waals surface area contributed by atoms with E-state index in [4.69, 9.17) is 18.0 Å². The molecule has 2 aromatic heterocycles. The lowest BCUT2D eigenvalue weighted by Gasteiger charge is -2.05. The lowest BCUT2D eigenvalue weighted by atomic mass is 10.3. The van der Waals surface area contributed by atoms with Crippen molar-refractivity contribution in [1.82, 2.24) is 4.98 Å². The van der Waals surface area contributed by atoms with Crippen LogP contribution in [0, 0.1) is 6.92 Å². The molecule has 3 N–H and O–H groups in total. The maximum atomic E-state index is 12.1. The summed E-state index contributed by atoms with van der Waals surface area (Å²) in [5, 5.41) is 0. The van der Waals surface area contributed by atoms with Crippen LogP contribution in [0.5, 0.6) is 0 Å². The van der Waals surface area contributed by atoms with Crippen molar-refractivity contribution >= 4 is 44.4 Å². The Hall–Kier alpha value is -1.51. The number of thiophene rings is 1. The average Bonchev–Trinajstić information content (AvgIpc) is 2.82. The highest BCUT2D eigenvalue weighted by Gasteiger charge is 2.18. The van der Waals surface area contributed by atoms with E-state index >= 15 is 0 Å². The normalized spacial score (nSPS) is 11.2. The lowest BCUT2D eigenvalue weighted by molar-refractivity contribution is 0.603. The van der Waals surface area contributed by atoms with Crippen LogP contribution in [0.4, 0.5) is 5.82 Å². The molecule has 0 aromatic carbocycles. The van der Waals surface area contributed by atoms with Gasteiger partial charge in [0, 0.05) is 6.20 Å². The highest BCUT2D eigenvalue weighted by Crippen LogP contribution is 2.23. The summed E-state index contributed by atoms with van der Waals surface area (Å²) in [4.78, 5) is 4.74. The van der Waals surface area contributed by atoms with Crippen LogP contribution in [0.3, 0.4) is 0 Å². The van der Waals surface area contributed by atoms with Crippen LogP contribution in [-0.4, -0.2) is 18.4 Å². The van der Waals surface area contributed by atoms with Crippen molar-refractivity contribution < 1.29 is 8.42 Å². The molecule has 2 aromatic rings. The van der Waals surface area contributed by atoms with Gasteiger partial charge >= 0.3 is 0 Å². The van der Waals surface area contributed by atoms with E-state index in [-0.39, 0.29) is 15.0 Å². The van der Waals surface area contributed by atoms with Gasteiger partial charge in [-0.2, -0.15) is 0 Å². The van der Waals surface area contributed by atoms with Crippen LogP contribution in [-0.2, 0) is 10.0 Å². The number of nitrogens with one attached hydrogen (secondary N) is 1. The van der Waals surface area contributed by atoms with Crippen molar-refractivity contribution in [3.05, 3.63) is 40.9 Å². The minimum atomic E-state index is -3.65. The molecule has 0 aliphatic heterocycles. The summed E-state index contributed by atoms with van der Waals surface area (Å²) < 4.78 is 26.7. The summed E-state index contributed by atoms with van der Waals surface area (Å²) in [7, 11) is -3.65. The molecule has 0 saturated heterocycles. The summed E-state index contributed by atoms with van der Waals surface area (Å²) in [5.74, 6) is 0.274. The average molecular weight is 313 g/mol. The second-order valence-corrected chi connectivity index (χ2v) is 7.24. The van der Waals surface area contributed by atoms with Gasteiger partial charge in [-0.05, 0) is 30.7 Å². The largest absolute Gasteiger partial charge is 0.389 e.